The molecule has 0 heterocycles. The third kappa shape index (κ3) is 5.12. The summed E-state index contributed by atoms with van der Waals surface area (Å²) in [5.74, 6) is -0.958. The molecule has 5 heteroatoms. The van der Waals surface area contributed by atoms with Crippen molar-refractivity contribution in [2.45, 2.75) is 6.92 Å². The summed E-state index contributed by atoms with van der Waals surface area (Å²) in [5.41, 5.74) is 1.69. The zero-order valence-electron chi connectivity index (χ0n) is 9.43. The Hall–Kier alpha value is -1.88. The van der Waals surface area contributed by atoms with Crippen molar-refractivity contribution in [3.8, 4) is 0 Å². The first-order valence-corrected chi connectivity index (χ1v) is 5.58. The van der Waals surface area contributed by atoms with E-state index in [1.54, 1.807) is 0 Å². The van der Waals surface area contributed by atoms with Gasteiger partial charge in [0.15, 0.2) is 5.11 Å². The molecule has 0 aliphatic rings. The summed E-state index contributed by atoms with van der Waals surface area (Å²) in [6.45, 7) is 2.74. The second-order valence-electron chi connectivity index (χ2n) is 3.28. The highest BCUT2D eigenvalue weighted by Crippen LogP contribution is 2.10. The maximum atomic E-state index is 10.3. The first-order chi connectivity index (χ1) is 8.11. The predicted octanol–water partition coefficient (Wildman–Crippen LogP) is 2.09. The van der Waals surface area contributed by atoms with Gasteiger partial charge in [0, 0.05) is 18.3 Å². The third-order valence-corrected chi connectivity index (χ3v) is 2.17. The second-order valence-corrected chi connectivity index (χ2v) is 3.69. The fraction of sp³-hybridized carbons (Fsp3) is 0.167. The van der Waals surface area contributed by atoms with E-state index in [4.69, 9.17) is 17.3 Å². The zero-order chi connectivity index (χ0) is 12.7. The number of rotatable bonds is 4. The van der Waals surface area contributed by atoms with Gasteiger partial charge in [-0.1, -0.05) is 12.1 Å². The van der Waals surface area contributed by atoms with Crippen LogP contribution in [0.2, 0.25) is 0 Å². The first kappa shape index (κ1) is 13.2. The van der Waals surface area contributed by atoms with Crippen molar-refractivity contribution in [3.05, 3.63) is 35.9 Å². The molecule has 17 heavy (non-hydrogen) atoms. The SMILES string of the molecule is CCNC(=S)Nc1ccc(/C=C/C(=O)O)cc1. The minimum Gasteiger partial charge on any atom is -0.478 e. The first-order valence-electron chi connectivity index (χ1n) is 5.17. The van der Waals surface area contributed by atoms with Crippen molar-refractivity contribution in [1.82, 2.24) is 5.32 Å². The molecule has 0 spiro atoms. The van der Waals surface area contributed by atoms with Crippen LogP contribution in [0.25, 0.3) is 6.08 Å². The number of carbonyl (C=O) groups is 1. The predicted molar refractivity (Wildman–Crippen MR) is 73.0 cm³/mol. The van der Waals surface area contributed by atoms with Crippen LogP contribution in [0.15, 0.2) is 30.3 Å². The number of aliphatic carboxylic acids is 1. The molecule has 1 rings (SSSR count). The van der Waals surface area contributed by atoms with Crippen molar-refractivity contribution in [2.75, 3.05) is 11.9 Å². The molecule has 0 atom stereocenters. The van der Waals surface area contributed by atoms with E-state index >= 15 is 0 Å². The molecule has 0 saturated carbocycles. The largest absolute Gasteiger partial charge is 0.478 e. The maximum absolute atomic E-state index is 10.3. The Kier molecular flexibility index (Phi) is 5.16. The highest BCUT2D eigenvalue weighted by atomic mass is 32.1. The lowest BCUT2D eigenvalue weighted by atomic mass is 10.2. The second kappa shape index (κ2) is 6.65. The number of anilines is 1. The Morgan fingerprint density at radius 1 is 1.41 bits per heavy atom. The summed E-state index contributed by atoms with van der Waals surface area (Å²) >= 11 is 5.04. The van der Waals surface area contributed by atoms with E-state index in [0.29, 0.717) is 5.11 Å². The monoisotopic (exact) mass is 250 g/mol. The van der Waals surface area contributed by atoms with Crippen LogP contribution in [0.3, 0.4) is 0 Å². The summed E-state index contributed by atoms with van der Waals surface area (Å²) in [4.78, 5) is 10.3. The van der Waals surface area contributed by atoms with Crippen LogP contribution in [0.4, 0.5) is 5.69 Å². The summed E-state index contributed by atoms with van der Waals surface area (Å²) in [6.07, 6.45) is 2.64. The van der Waals surface area contributed by atoms with Crippen LogP contribution in [0.5, 0.6) is 0 Å². The van der Waals surface area contributed by atoms with Gasteiger partial charge in [-0.25, -0.2) is 4.79 Å². The standard InChI is InChI=1S/C12H14N2O2S/c1-2-13-12(17)14-10-6-3-9(4-7-10)5-8-11(15)16/h3-8H,2H2,1H3,(H,15,16)(H2,13,14,17)/b8-5+. The van der Waals surface area contributed by atoms with E-state index in [2.05, 4.69) is 10.6 Å². The van der Waals surface area contributed by atoms with Crippen LogP contribution >= 0.6 is 12.2 Å². The maximum Gasteiger partial charge on any atom is 0.328 e. The van der Waals surface area contributed by atoms with Crippen LogP contribution in [-0.4, -0.2) is 22.7 Å². The lowest BCUT2D eigenvalue weighted by Crippen LogP contribution is -2.27. The molecule has 0 saturated heterocycles. The Morgan fingerprint density at radius 3 is 2.59 bits per heavy atom. The summed E-state index contributed by atoms with van der Waals surface area (Å²) in [7, 11) is 0. The van der Waals surface area contributed by atoms with Gasteiger partial charge in [-0.2, -0.15) is 0 Å². The number of nitrogens with one attached hydrogen (secondary N) is 2. The van der Waals surface area contributed by atoms with Crippen LogP contribution in [0.1, 0.15) is 12.5 Å². The minimum atomic E-state index is -0.958. The van der Waals surface area contributed by atoms with Gasteiger partial charge in [0.05, 0.1) is 0 Å². The minimum absolute atomic E-state index is 0.571. The van der Waals surface area contributed by atoms with Gasteiger partial charge in [-0.15, -0.1) is 0 Å². The Bertz CT molecular complexity index is 427. The van der Waals surface area contributed by atoms with Crippen LogP contribution in [-0.2, 0) is 4.79 Å². The quantitative estimate of drug-likeness (QED) is 0.564. The Labute approximate surface area is 105 Å². The van der Waals surface area contributed by atoms with Crippen molar-refractivity contribution in [1.29, 1.82) is 0 Å². The molecule has 1 aromatic rings. The highest BCUT2D eigenvalue weighted by molar-refractivity contribution is 7.80. The van der Waals surface area contributed by atoms with Crippen molar-refractivity contribution in [2.24, 2.45) is 0 Å². The molecular weight excluding hydrogens is 236 g/mol. The third-order valence-electron chi connectivity index (χ3n) is 1.92. The van der Waals surface area contributed by atoms with Crippen LogP contribution in [0, 0.1) is 0 Å². The van der Waals surface area contributed by atoms with Crippen LogP contribution < -0.4 is 10.6 Å². The smallest absolute Gasteiger partial charge is 0.328 e. The van der Waals surface area contributed by atoms with E-state index in [1.807, 2.05) is 31.2 Å². The fourth-order valence-corrected chi connectivity index (χ4v) is 1.44. The number of carboxylic acid groups (broad SMARTS) is 1. The van der Waals surface area contributed by atoms with Gasteiger partial charge in [-0.05, 0) is 42.9 Å². The van der Waals surface area contributed by atoms with Crippen molar-refractivity contribution in [3.63, 3.8) is 0 Å². The average molecular weight is 250 g/mol. The Morgan fingerprint density at radius 2 is 2.06 bits per heavy atom. The molecule has 0 amide bonds. The number of benzene rings is 1. The highest BCUT2D eigenvalue weighted by Gasteiger charge is 1.95. The van der Waals surface area contributed by atoms with E-state index in [1.165, 1.54) is 6.08 Å². The molecule has 1 aromatic carbocycles. The van der Waals surface area contributed by atoms with Gasteiger partial charge in [0.2, 0.25) is 0 Å². The molecule has 0 aliphatic heterocycles. The van der Waals surface area contributed by atoms with E-state index in [9.17, 15) is 4.79 Å². The summed E-state index contributed by atoms with van der Waals surface area (Å²) in [5, 5.41) is 15.0. The molecule has 90 valence electrons. The van der Waals surface area contributed by atoms with Gasteiger partial charge in [0.25, 0.3) is 0 Å². The topological polar surface area (TPSA) is 61.4 Å². The lowest BCUT2D eigenvalue weighted by Gasteiger charge is -2.08. The Balaban J connectivity index is 2.62. The molecule has 0 fully saturated rings. The molecule has 0 radical (unpaired) electrons. The number of carboxylic acids is 1. The lowest BCUT2D eigenvalue weighted by molar-refractivity contribution is -0.131. The molecule has 0 bridgehead atoms. The molecule has 4 nitrogen and oxygen atoms in total. The molecule has 0 aromatic heterocycles. The number of thiocarbonyl (C=S) groups is 1. The van der Waals surface area contributed by atoms with Gasteiger partial charge in [-0.3, -0.25) is 0 Å². The van der Waals surface area contributed by atoms with E-state index < -0.39 is 5.97 Å². The van der Waals surface area contributed by atoms with Gasteiger partial charge >= 0.3 is 5.97 Å². The number of hydrogen-bond donors (Lipinski definition) is 3. The zero-order valence-corrected chi connectivity index (χ0v) is 10.3. The molecule has 3 N–H and O–H groups in total. The molecule has 0 aliphatic carbocycles. The van der Waals surface area contributed by atoms with E-state index in [-0.39, 0.29) is 0 Å². The van der Waals surface area contributed by atoms with Crippen molar-refractivity contribution < 1.29 is 9.90 Å². The normalized spacial score (nSPS) is 10.2. The molecular formula is C12H14N2O2S. The average Bonchev–Trinajstić information content (AvgIpc) is 2.28. The molecule has 0 unspecified atom stereocenters. The van der Waals surface area contributed by atoms with E-state index in [0.717, 1.165) is 23.9 Å². The summed E-state index contributed by atoms with van der Waals surface area (Å²) in [6, 6.07) is 7.31. The fourth-order valence-electron chi connectivity index (χ4n) is 1.18. The van der Waals surface area contributed by atoms with Crippen molar-refractivity contribution >= 4 is 35.1 Å². The van der Waals surface area contributed by atoms with Gasteiger partial charge in [0.1, 0.15) is 0 Å². The van der Waals surface area contributed by atoms with Gasteiger partial charge < -0.3 is 15.7 Å². The number of hydrogen-bond acceptors (Lipinski definition) is 2. The summed E-state index contributed by atoms with van der Waals surface area (Å²) < 4.78 is 0.